The van der Waals surface area contributed by atoms with Gasteiger partial charge in [0.15, 0.2) is 0 Å². The van der Waals surface area contributed by atoms with Gasteiger partial charge < -0.3 is 9.47 Å². The minimum atomic E-state index is -0.557. The van der Waals surface area contributed by atoms with Crippen LogP contribution in [-0.2, 0) is 0 Å². The van der Waals surface area contributed by atoms with Crippen LogP contribution in [-0.4, -0.2) is 11.1 Å². The summed E-state index contributed by atoms with van der Waals surface area (Å²) in [5.74, 6) is 1.76. The Morgan fingerprint density at radius 2 is 1.62 bits per heavy atom. The molecule has 1 aromatic heterocycles. The summed E-state index contributed by atoms with van der Waals surface area (Å²) in [7, 11) is 0. The van der Waals surface area contributed by atoms with Gasteiger partial charge in [0.05, 0.1) is 6.20 Å². The summed E-state index contributed by atoms with van der Waals surface area (Å²) in [4.78, 5) is 15.8. The molecule has 3 aromatic rings. The van der Waals surface area contributed by atoms with E-state index < -0.39 is 6.09 Å². The number of hydrogen-bond acceptors (Lipinski definition) is 4. The van der Waals surface area contributed by atoms with Gasteiger partial charge in [0.25, 0.3) is 0 Å². The Balaban J connectivity index is 1.57. The van der Waals surface area contributed by atoms with Crippen molar-refractivity contribution in [2.75, 3.05) is 5.32 Å². The lowest BCUT2D eigenvalue weighted by atomic mass is 10.3. The number of carbonyl (C=O) groups is 1. The number of nitrogens with zero attached hydrogens (tertiary/aromatic N) is 1. The molecule has 0 bridgehead atoms. The Morgan fingerprint density at radius 3 is 2.29 bits per heavy atom. The van der Waals surface area contributed by atoms with Crippen molar-refractivity contribution >= 4 is 27.7 Å². The Kier molecular flexibility index (Phi) is 5.08. The van der Waals surface area contributed by atoms with Crippen molar-refractivity contribution in [3.8, 4) is 17.2 Å². The zero-order valence-electron chi connectivity index (χ0n) is 12.5. The van der Waals surface area contributed by atoms with Crippen LogP contribution in [0.5, 0.6) is 17.2 Å². The standard InChI is InChI=1S/C18H13BrN2O3/c19-13-3-7-16(8-4-13)24-18(22)21-14-5-9-15(10-6-14)23-17-2-1-11-20-12-17/h1-12H,(H,21,22). The first-order valence-corrected chi connectivity index (χ1v) is 7.91. The molecule has 120 valence electrons. The Labute approximate surface area is 147 Å². The minimum absolute atomic E-state index is 0.465. The highest BCUT2D eigenvalue weighted by atomic mass is 79.9. The fourth-order valence-electron chi connectivity index (χ4n) is 1.90. The molecule has 0 aliphatic heterocycles. The van der Waals surface area contributed by atoms with Crippen molar-refractivity contribution in [3.05, 3.63) is 77.5 Å². The van der Waals surface area contributed by atoms with Crippen LogP contribution in [0.25, 0.3) is 0 Å². The van der Waals surface area contributed by atoms with Gasteiger partial charge in [-0.1, -0.05) is 15.9 Å². The molecule has 0 radical (unpaired) electrons. The van der Waals surface area contributed by atoms with Gasteiger partial charge in [-0.2, -0.15) is 0 Å². The van der Waals surface area contributed by atoms with E-state index in [2.05, 4.69) is 26.2 Å². The normalized spacial score (nSPS) is 10.0. The van der Waals surface area contributed by atoms with Gasteiger partial charge in [0.1, 0.15) is 17.2 Å². The quantitative estimate of drug-likeness (QED) is 0.667. The van der Waals surface area contributed by atoms with Crippen LogP contribution in [0.1, 0.15) is 0 Å². The third kappa shape index (κ3) is 4.57. The molecule has 0 saturated carbocycles. The third-order valence-electron chi connectivity index (χ3n) is 3.00. The summed E-state index contributed by atoms with van der Waals surface area (Å²) < 4.78 is 11.7. The van der Waals surface area contributed by atoms with E-state index in [0.29, 0.717) is 22.9 Å². The number of carbonyl (C=O) groups excluding carboxylic acids is 1. The van der Waals surface area contributed by atoms with Crippen LogP contribution in [0.2, 0.25) is 0 Å². The summed E-state index contributed by atoms with van der Waals surface area (Å²) in [6, 6.07) is 17.6. The average molecular weight is 385 g/mol. The monoisotopic (exact) mass is 384 g/mol. The van der Waals surface area contributed by atoms with Crippen molar-refractivity contribution in [3.63, 3.8) is 0 Å². The van der Waals surface area contributed by atoms with Gasteiger partial charge in [-0.15, -0.1) is 0 Å². The maximum absolute atomic E-state index is 11.9. The number of pyridine rings is 1. The van der Waals surface area contributed by atoms with E-state index in [-0.39, 0.29) is 0 Å². The summed E-state index contributed by atoms with van der Waals surface area (Å²) in [6.45, 7) is 0. The van der Waals surface area contributed by atoms with E-state index in [1.807, 2.05) is 6.07 Å². The average Bonchev–Trinajstić information content (AvgIpc) is 2.60. The highest BCUT2D eigenvalue weighted by Gasteiger charge is 2.05. The molecular weight excluding hydrogens is 372 g/mol. The molecule has 0 aliphatic rings. The first-order chi connectivity index (χ1) is 11.7. The molecule has 6 heteroatoms. The largest absolute Gasteiger partial charge is 0.456 e. The molecule has 0 atom stereocenters. The number of nitrogens with one attached hydrogen (secondary N) is 1. The third-order valence-corrected chi connectivity index (χ3v) is 3.52. The number of rotatable bonds is 4. The van der Waals surface area contributed by atoms with Gasteiger partial charge in [0, 0.05) is 16.4 Å². The van der Waals surface area contributed by atoms with E-state index in [9.17, 15) is 4.79 Å². The molecule has 5 nitrogen and oxygen atoms in total. The number of ether oxygens (including phenoxy) is 2. The molecule has 1 amide bonds. The van der Waals surface area contributed by atoms with E-state index >= 15 is 0 Å². The molecule has 0 saturated heterocycles. The molecule has 0 aliphatic carbocycles. The van der Waals surface area contributed by atoms with Gasteiger partial charge in [-0.25, -0.2) is 4.79 Å². The summed E-state index contributed by atoms with van der Waals surface area (Å²) in [5.41, 5.74) is 0.607. The Hall–Kier alpha value is -2.86. The van der Waals surface area contributed by atoms with E-state index in [1.165, 1.54) is 0 Å². The van der Waals surface area contributed by atoms with Gasteiger partial charge in [-0.3, -0.25) is 10.3 Å². The van der Waals surface area contributed by atoms with Gasteiger partial charge in [0.2, 0.25) is 0 Å². The van der Waals surface area contributed by atoms with Crippen molar-refractivity contribution in [1.29, 1.82) is 0 Å². The van der Waals surface area contributed by atoms with Crippen molar-refractivity contribution in [2.45, 2.75) is 0 Å². The van der Waals surface area contributed by atoms with Gasteiger partial charge >= 0.3 is 6.09 Å². The van der Waals surface area contributed by atoms with Crippen molar-refractivity contribution in [2.24, 2.45) is 0 Å². The summed E-state index contributed by atoms with van der Waals surface area (Å²) in [6.07, 6.45) is 2.75. The van der Waals surface area contributed by atoms with Crippen LogP contribution < -0.4 is 14.8 Å². The lowest BCUT2D eigenvalue weighted by Crippen LogP contribution is -2.16. The number of anilines is 1. The lowest BCUT2D eigenvalue weighted by molar-refractivity contribution is 0.215. The number of hydrogen-bond donors (Lipinski definition) is 1. The lowest BCUT2D eigenvalue weighted by Gasteiger charge is -2.08. The fraction of sp³-hybridized carbons (Fsp3) is 0. The fourth-order valence-corrected chi connectivity index (χ4v) is 2.17. The molecule has 1 N–H and O–H groups in total. The minimum Gasteiger partial charge on any atom is -0.456 e. The summed E-state index contributed by atoms with van der Waals surface area (Å²) in [5, 5.41) is 2.66. The second kappa shape index (κ2) is 7.61. The number of halogens is 1. The van der Waals surface area contributed by atoms with Crippen LogP contribution in [0, 0.1) is 0 Å². The number of benzene rings is 2. The molecule has 1 heterocycles. The number of aromatic nitrogens is 1. The number of amides is 1. The van der Waals surface area contributed by atoms with Crippen LogP contribution >= 0.6 is 15.9 Å². The Bertz CT molecular complexity index is 806. The Morgan fingerprint density at radius 1 is 0.917 bits per heavy atom. The predicted molar refractivity (Wildman–Crippen MR) is 94.5 cm³/mol. The first-order valence-electron chi connectivity index (χ1n) is 7.11. The maximum atomic E-state index is 11.9. The first kappa shape index (κ1) is 16.0. The topological polar surface area (TPSA) is 60.5 Å². The predicted octanol–water partition coefficient (Wildman–Crippen LogP) is 5.25. The van der Waals surface area contributed by atoms with Gasteiger partial charge in [-0.05, 0) is 60.7 Å². The zero-order chi connectivity index (χ0) is 16.8. The van der Waals surface area contributed by atoms with Crippen molar-refractivity contribution < 1.29 is 14.3 Å². The molecule has 0 unspecified atom stereocenters. The second-order valence-corrected chi connectivity index (χ2v) is 5.70. The van der Waals surface area contributed by atoms with Crippen LogP contribution in [0.15, 0.2) is 77.5 Å². The van der Waals surface area contributed by atoms with Crippen molar-refractivity contribution in [1.82, 2.24) is 4.98 Å². The smallest absolute Gasteiger partial charge is 0.417 e. The van der Waals surface area contributed by atoms with Crippen LogP contribution in [0.4, 0.5) is 10.5 Å². The molecule has 3 rings (SSSR count). The highest BCUT2D eigenvalue weighted by molar-refractivity contribution is 9.10. The molecule has 24 heavy (non-hydrogen) atoms. The summed E-state index contributed by atoms with van der Waals surface area (Å²) >= 11 is 3.32. The van der Waals surface area contributed by atoms with E-state index in [4.69, 9.17) is 9.47 Å². The zero-order valence-corrected chi connectivity index (χ0v) is 14.1. The SMILES string of the molecule is O=C(Nc1ccc(Oc2cccnc2)cc1)Oc1ccc(Br)cc1. The van der Waals surface area contributed by atoms with E-state index in [0.717, 1.165) is 4.47 Å². The maximum Gasteiger partial charge on any atom is 0.417 e. The molecule has 2 aromatic carbocycles. The molecular formula is C18H13BrN2O3. The molecule has 0 fully saturated rings. The highest BCUT2D eigenvalue weighted by Crippen LogP contribution is 2.22. The second-order valence-electron chi connectivity index (χ2n) is 4.78. The van der Waals surface area contributed by atoms with E-state index in [1.54, 1.807) is 67.0 Å². The molecule has 0 spiro atoms. The van der Waals surface area contributed by atoms with Crippen LogP contribution in [0.3, 0.4) is 0 Å².